The van der Waals surface area contributed by atoms with Gasteiger partial charge in [0.05, 0.1) is 5.75 Å². The monoisotopic (exact) mass is 347 g/mol. The molecule has 2 rings (SSSR count). The first kappa shape index (κ1) is 17.6. The van der Waals surface area contributed by atoms with Crippen molar-refractivity contribution in [3.63, 3.8) is 0 Å². The highest BCUT2D eigenvalue weighted by molar-refractivity contribution is 8.00. The molecular weight excluding hydrogens is 330 g/mol. The van der Waals surface area contributed by atoms with Gasteiger partial charge in [0.2, 0.25) is 5.91 Å². The largest absolute Gasteiger partial charge is 0.326 e. The molecule has 0 aromatic heterocycles. The summed E-state index contributed by atoms with van der Waals surface area (Å²) in [4.78, 5) is 24.6. The molecule has 3 nitrogen and oxygen atoms in total. The number of anilines is 1. The molecular formula is C18H18ClNO2S. The molecule has 0 saturated carbocycles. The second-order valence-corrected chi connectivity index (χ2v) is 6.53. The van der Waals surface area contributed by atoms with E-state index in [1.54, 1.807) is 24.3 Å². The first-order valence-corrected chi connectivity index (χ1v) is 8.76. The van der Waals surface area contributed by atoms with Gasteiger partial charge in [0.1, 0.15) is 0 Å². The van der Waals surface area contributed by atoms with E-state index < -0.39 is 0 Å². The van der Waals surface area contributed by atoms with Gasteiger partial charge < -0.3 is 5.32 Å². The molecule has 0 aliphatic rings. The van der Waals surface area contributed by atoms with Gasteiger partial charge in [0, 0.05) is 27.6 Å². The van der Waals surface area contributed by atoms with E-state index in [1.165, 1.54) is 11.8 Å². The number of nitrogens with one attached hydrogen (secondary N) is 1. The molecule has 0 aliphatic heterocycles. The summed E-state index contributed by atoms with van der Waals surface area (Å²) in [6.45, 7) is 1.97. The Morgan fingerprint density at radius 2 is 1.70 bits per heavy atom. The van der Waals surface area contributed by atoms with Gasteiger partial charge in [-0.3, -0.25) is 9.59 Å². The Morgan fingerprint density at radius 1 is 1.04 bits per heavy atom. The quantitative estimate of drug-likeness (QED) is 0.563. The van der Waals surface area contributed by atoms with Crippen LogP contribution < -0.4 is 5.32 Å². The molecule has 0 aliphatic carbocycles. The van der Waals surface area contributed by atoms with Crippen LogP contribution in [0.1, 0.15) is 30.1 Å². The van der Waals surface area contributed by atoms with Crippen molar-refractivity contribution in [3.8, 4) is 0 Å². The fourth-order valence-electron chi connectivity index (χ4n) is 1.95. The lowest BCUT2D eigenvalue weighted by Gasteiger charge is -2.06. The van der Waals surface area contributed by atoms with Gasteiger partial charge >= 0.3 is 0 Å². The number of hydrogen-bond donors (Lipinski definition) is 1. The summed E-state index contributed by atoms with van der Waals surface area (Å²) in [5.74, 6) is 0.446. The van der Waals surface area contributed by atoms with E-state index in [0.29, 0.717) is 22.8 Å². The predicted molar refractivity (Wildman–Crippen MR) is 96.5 cm³/mol. The maximum atomic E-state index is 12.1. The number of benzene rings is 2. The Balaban J connectivity index is 1.87. The van der Waals surface area contributed by atoms with Crippen molar-refractivity contribution < 1.29 is 9.59 Å². The zero-order valence-electron chi connectivity index (χ0n) is 12.8. The van der Waals surface area contributed by atoms with Gasteiger partial charge in [-0.15, -0.1) is 11.8 Å². The number of Topliss-reactive ketones (excluding diaryl/α,β-unsaturated/α-hetero) is 1. The predicted octanol–water partition coefficient (Wildman–Crippen LogP) is 5.05. The van der Waals surface area contributed by atoms with Gasteiger partial charge in [0.25, 0.3) is 0 Å². The Kier molecular flexibility index (Phi) is 6.68. The first-order chi connectivity index (χ1) is 11.1. The molecule has 0 unspecified atom stereocenters. The Hall–Kier alpha value is -1.78. The molecule has 0 saturated heterocycles. The maximum Gasteiger partial charge on any atom is 0.224 e. The van der Waals surface area contributed by atoms with Crippen LogP contribution in [0.3, 0.4) is 0 Å². The average molecular weight is 348 g/mol. The molecule has 0 spiro atoms. The average Bonchev–Trinajstić information content (AvgIpc) is 2.55. The van der Waals surface area contributed by atoms with Crippen molar-refractivity contribution in [1.29, 1.82) is 0 Å². The topological polar surface area (TPSA) is 46.2 Å². The minimum atomic E-state index is 0.0193. The van der Waals surface area contributed by atoms with Gasteiger partial charge in [-0.05, 0) is 55.0 Å². The van der Waals surface area contributed by atoms with E-state index in [2.05, 4.69) is 5.32 Å². The van der Waals surface area contributed by atoms with E-state index in [1.807, 2.05) is 31.2 Å². The van der Waals surface area contributed by atoms with E-state index >= 15 is 0 Å². The number of rotatable bonds is 7. The second kappa shape index (κ2) is 8.75. The lowest BCUT2D eigenvalue weighted by molar-refractivity contribution is -0.116. The lowest BCUT2D eigenvalue weighted by Crippen LogP contribution is -2.10. The molecule has 2 aromatic rings. The van der Waals surface area contributed by atoms with Gasteiger partial charge in [-0.25, -0.2) is 0 Å². The molecule has 0 radical (unpaired) electrons. The fourth-order valence-corrected chi connectivity index (χ4v) is 2.87. The van der Waals surface area contributed by atoms with Gasteiger partial charge in [0.15, 0.2) is 5.78 Å². The van der Waals surface area contributed by atoms with Crippen molar-refractivity contribution >= 4 is 40.7 Å². The van der Waals surface area contributed by atoms with E-state index in [4.69, 9.17) is 11.6 Å². The number of halogens is 1. The van der Waals surface area contributed by atoms with Gasteiger partial charge in [-0.1, -0.05) is 18.5 Å². The molecule has 5 heteroatoms. The summed E-state index contributed by atoms with van der Waals surface area (Å²) in [7, 11) is 0. The number of thioether (sulfide) groups is 1. The Labute approximate surface area is 145 Å². The smallest absolute Gasteiger partial charge is 0.224 e. The Bertz CT molecular complexity index is 668. The SMILES string of the molecule is CCCC(=O)Nc1ccc(SCC(=O)c2ccc(Cl)cc2)cc1. The molecule has 0 bridgehead atoms. The first-order valence-electron chi connectivity index (χ1n) is 7.40. The lowest BCUT2D eigenvalue weighted by atomic mass is 10.1. The van der Waals surface area contributed by atoms with Gasteiger partial charge in [-0.2, -0.15) is 0 Å². The van der Waals surface area contributed by atoms with E-state index in [0.717, 1.165) is 17.0 Å². The van der Waals surface area contributed by atoms with Crippen molar-refractivity contribution in [2.75, 3.05) is 11.1 Å². The van der Waals surface area contributed by atoms with Crippen LogP contribution in [0.15, 0.2) is 53.4 Å². The zero-order valence-corrected chi connectivity index (χ0v) is 14.4. The van der Waals surface area contributed by atoms with Crippen LogP contribution in [-0.4, -0.2) is 17.4 Å². The van der Waals surface area contributed by atoms with Crippen LogP contribution in [0.5, 0.6) is 0 Å². The molecule has 23 heavy (non-hydrogen) atoms. The number of carbonyl (C=O) groups is 2. The molecule has 0 fully saturated rings. The number of hydrogen-bond acceptors (Lipinski definition) is 3. The summed E-state index contributed by atoms with van der Waals surface area (Å²) in [6.07, 6.45) is 1.35. The second-order valence-electron chi connectivity index (χ2n) is 5.04. The third kappa shape index (κ3) is 5.73. The van der Waals surface area contributed by atoms with Crippen molar-refractivity contribution in [2.24, 2.45) is 0 Å². The third-order valence-corrected chi connectivity index (χ3v) is 4.42. The Morgan fingerprint density at radius 3 is 2.30 bits per heavy atom. The summed E-state index contributed by atoms with van der Waals surface area (Å²) in [6, 6.07) is 14.4. The maximum absolute atomic E-state index is 12.1. The minimum absolute atomic E-state index is 0.0193. The van der Waals surface area contributed by atoms with Crippen LogP contribution >= 0.6 is 23.4 Å². The number of ketones is 1. The summed E-state index contributed by atoms with van der Waals surface area (Å²) >= 11 is 7.28. The van der Waals surface area contributed by atoms with Crippen LogP contribution in [0.4, 0.5) is 5.69 Å². The van der Waals surface area contributed by atoms with Crippen LogP contribution in [-0.2, 0) is 4.79 Å². The van der Waals surface area contributed by atoms with E-state index in [-0.39, 0.29) is 11.7 Å². The molecule has 0 heterocycles. The van der Waals surface area contributed by atoms with Crippen molar-refractivity contribution in [2.45, 2.75) is 24.7 Å². The molecule has 1 N–H and O–H groups in total. The van der Waals surface area contributed by atoms with Crippen molar-refractivity contribution in [1.82, 2.24) is 0 Å². The normalized spacial score (nSPS) is 10.3. The highest BCUT2D eigenvalue weighted by Crippen LogP contribution is 2.22. The summed E-state index contributed by atoms with van der Waals surface area (Å²) < 4.78 is 0. The number of amides is 1. The highest BCUT2D eigenvalue weighted by atomic mass is 35.5. The molecule has 1 amide bonds. The molecule has 120 valence electrons. The highest BCUT2D eigenvalue weighted by Gasteiger charge is 2.07. The van der Waals surface area contributed by atoms with Crippen LogP contribution in [0.2, 0.25) is 5.02 Å². The molecule has 2 aromatic carbocycles. The van der Waals surface area contributed by atoms with Crippen LogP contribution in [0, 0.1) is 0 Å². The number of carbonyl (C=O) groups excluding carboxylic acids is 2. The fraction of sp³-hybridized carbons (Fsp3) is 0.222. The minimum Gasteiger partial charge on any atom is -0.326 e. The zero-order chi connectivity index (χ0) is 16.7. The summed E-state index contributed by atoms with van der Waals surface area (Å²) in [5.41, 5.74) is 1.43. The van der Waals surface area contributed by atoms with E-state index in [9.17, 15) is 9.59 Å². The van der Waals surface area contributed by atoms with Crippen LogP contribution in [0.25, 0.3) is 0 Å². The van der Waals surface area contributed by atoms with Crippen molar-refractivity contribution in [3.05, 3.63) is 59.1 Å². The summed E-state index contributed by atoms with van der Waals surface area (Å²) in [5, 5.41) is 3.46. The third-order valence-electron chi connectivity index (χ3n) is 3.15. The standard InChI is InChI=1S/C18H18ClNO2S/c1-2-3-18(22)20-15-8-10-16(11-9-15)23-12-17(21)13-4-6-14(19)7-5-13/h4-11H,2-3,12H2,1H3,(H,20,22). The molecule has 0 atom stereocenters.